The summed E-state index contributed by atoms with van der Waals surface area (Å²) in [4.78, 5) is 84.2. The fourth-order valence-corrected chi connectivity index (χ4v) is 10.5. The van der Waals surface area contributed by atoms with E-state index in [4.69, 9.17) is 38.3 Å². The minimum atomic E-state index is -0.544. The van der Waals surface area contributed by atoms with Crippen LogP contribution in [0, 0.1) is 23.4 Å². The number of amides is 1. The Kier molecular flexibility index (Phi) is 34.1. The van der Waals surface area contributed by atoms with Gasteiger partial charge in [-0.1, -0.05) is 21.3 Å². The lowest BCUT2D eigenvalue weighted by Crippen LogP contribution is -2.33. The van der Waals surface area contributed by atoms with Crippen LogP contribution < -0.4 is 30.7 Å². The predicted molar refractivity (Wildman–Crippen MR) is 419 cm³/mol. The van der Waals surface area contributed by atoms with Crippen LogP contribution in [-0.2, 0) is 38.1 Å². The number of fused-ring (bicyclic) bond motifs is 4. The van der Waals surface area contributed by atoms with Crippen molar-refractivity contribution in [3.8, 4) is 17.2 Å². The van der Waals surface area contributed by atoms with Gasteiger partial charge in [0, 0.05) is 54.5 Å². The number of phenols is 1. The fraction of sp³-hybridized carbons (Fsp3) is 0.481. The van der Waals surface area contributed by atoms with Gasteiger partial charge in [-0.2, -0.15) is 15.3 Å². The molecule has 6 atom stereocenters. The number of esters is 5. The molecule has 3 aromatic carbocycles. The standard InChI is InChI=1S/C26H33FN4O5.C18H18FN5O2.C17H17FN4O3.C10H20O2.C9H18O3.CH4/c1-7-34-25(33)20-15-28-31-13-12-22(30-24(20)31)29-17(3)19-14-18(27)9-10-21(19)35-16(2)8-11-23(32)36-26(4,5)6;1-10-8-20-18(25)14-9-21-24-6-5-16(23-17(14)24)22-11(2)13-7-12(19)3-4-15(13)26-10;1-3-25-17(24)13-9-19-22-7-6-15(21-16(13)22)20-10(2)12-8-11(18)4-5-14(12)23;1-8(2)6-7-9(11)12-10(3,4)5;1-7(10)5-6-8(11)12-9(2,3)4;/h9-10,12-17H,7-8,11H2,1-6H3,(H,29,30);3-7,9-11H,8H2,1-2H3,(H,20,25)(H,22,23);4-10,23H,3H2,1-2H3,(H,20,21);8H,6-7H2,1-5H3;7,10H,5-6H2,1-4H3;1H4/t16-,17+;10-,11+;10-;;7-;/m001.1./s1. The van der Waals surface area contributed by atoms with E-state index in [9.17, 15) is 47.0 Å². The highest BCUT2D eigenvalue weighted by atomic mass is 19.1. The van der Waals surface area contributed by atoms with Crippen LogP contribution in [0.15, 0.2) is 110 Å². The first-order valence-corrected chi connectivity index (χ1v) is 36.8. The molecule has 0 unspecified atom stereocenters. The average Bonchev–Trinajstić information content (AvgIpc) is 1.65. The summed E-state index contributed by atoms with van der Waals surface area (Å²) in [5.41, 5.74) is 2.40. The third kappa shape index (κ3) is 29.6. The zero-order chi connectivity index (χ0) is 82.2. The second kappa shape index (κ2) is 41.8. The molecular weight excluding hydrogens is 1450 g/mol. The first-order chi connectivity index (χ1) is 52.1. The summed E-state index contributed by atoms with van der Waals surface area (Å²) < 4.78 is 83.4. The molecule has 112 heavy (non-hydrogen) atoms. The summed E-state index contributed by atoms with van der Waals surface area (Å²) in [6, 6.07) is 16.5. The molecule has 0 saturated carbocycles. The molecule has 6 aromatic heterocycles. The number of phenolic OH excluding ortho intramolecular Hbond substituents is 1. The molecule has 1 aliphatic heterocycles. The number of aromatic nitrogens is 9. The number of aliphatic hydroxyl groups is 1. The normalized spacial score (nSPS) is 14.4. The van der Waals surface area contributed by atoms with Crippen molar-refractivity contribution >= 4 is 70.1 Å². The number of nitrogens with one attached hydrogen (secondary N) is 4. The number of aromatic hydroxyl groups is 1. The van der Waals surface area contributed by atoms with Crippen molar-refractivity contribution in [3.63, 3.8) is 0 Å². The molecule has 9 aromatic rings. The number of anilines is 3. The minimum Gasteiger partial charge on any atom is -0.508 e. The monoisotopic (exact) mass is 1560 g/mol. The van der Waals surface area contributed by atoms with E-state index in [0.29, 0.717) is 99.9 Å². The number of ether oxygens (including phenoxy) is 7. The molecule has 610 valence electrons. The Hall–Kier alpha value is -11.1. The molecule has 10 rings (SSSR count). The van der Waals surface area contributed by atoms with Crippen LogP contribution in [0.2, 0.25) is 0 Å². The summed E-state index contributed by atoms with van der Waals surface area (Å²) >= 11 is 0. The van der Waals surface area contributed by atoms with Crippen molar-refractivity contribution in [2.75, 3.05) is 35.7 Å². The number of rotatable bonds is 21. The highest BCUT2D eigenvalue weighted by molar-refractivity contribution is 6.00. The van der Waals surface area contributed by atoms with E-state index in [1.807, 2.05) is 90.0 Å². The second-order valence-electron chi connectivity index (χ2n) is 29.7. The first kappa shape index (κ1) is 91.5. The predicted octanol–water partition coefficient (Wildman–Crippen LogP) is 15.5. The molecule has 28 nitrogen and oxygen atoms in total. The van der Waals surface area contributed by atoms with Crippen LogP contribution in [-0.4, -0.2) is 145 Å². The van der Waals surface area contributed by atoms with Crippen LogP contribution in [0.4, 0.5) is 30.6 Å². The van der Waals surface area contributed by atoms with E-state index in [1.54, 1.807) is 76.6 Å². The summed E-state index contributed by atoms with van der Waals surface area (Å²) in [6.45, 7) is 35.9. The number of carbonyl (C=O) groups excluding carboxylic acids is 6. The van der Waals surface area contributed by atoms with Gasteiger partial charge in [0.15, 0.2) is 16.9 Å². The Morgan fingerprint density at radius 1 is 0.598 bits per heavy atom. The van der Waals surface area contributed by atoms with E-state index in [2.05, 4.69) is 65.4 Å². The van der Waals surface area contributed by atoms with Crippen LogP contribution >= 0.6 is 0 Å². The highest BCUT2D eigenvalue weighted by Crippen LogP contribution is 2.33. The molecule has 1 aliphatic rings. The van der Waals surface area contributed by atoms with Gasteiger partial charge < -0.3 is 64.6 Å². The molecule has 0 radical (unpaired) electrons. The molecule has 0 fully saturated rings. The van der Waals surface area contributed by atoms with Crippen molar-refractivity contribution in [2.45, 2.75) is 231 Å². The summed E-state index contributed by atoms with van der Waals surface area (Å²) in [7, 11) is 0. The summed E-state index contributed by atoms with van der Waals surface area (Å²) in [5, 5.41) is 43.5. The van der Waals surface area contributed by atoms with E-state index in [-0.39, 0.29) is 104 Å². The third-order valence-corrected chi connectivity index (χ3v) is 15.7. The number of halogens is 3. The molecule has 7 heterocycles. The van der Waals surface area contributed by atoms with Crippen LogP contribution in [0.25, 0.3) is 16.9 Å². The van der Waals surface area contributed by atoms with Gasteiger partial charge >= 0.3 is 29.8 Å². The maximum atomic E-state index is 14.2. The van der Waals surface area contributed by atoms with Gasteiger partial charge in [-0.3, -0.25) is 19.2 Å². The number of carbonyl (C=O) groups is 6. The molecule has 1 amide bonds. The zero-order valence-electron chi connectivity index (χ0n) is 66.7. The number of nitrogens with zero attached hydrogens (tertiary/aromatic N) is 9. The fourth-order valence-electron chi connectivity index (χ4n) is 10.5. The number of hydrogen-bond acceptors (Lipinski definition) is 24. The molecule has 0 saturated heterocycles. The molecular formula is C81H110F3N13O15. The Morgan fingerprint density at radius 3 is 1.56 bits per heavy atom. The van der Waals surface area contributed by atoms with Gasteiger partial charge in [0.2, 0.25) is 0 Å². The number of benzene rings is 3. The van der Waals surface area contributed by atoms with E-state index < -0.39 is 53.0 Å². The lowest BCUT2D eigenvalue weighted by atomic mass is 10.1. The van der Waals surface area contributed by atoms with Crippen LogP contribution in [0.1, 0.15) is 243 Å². The smallest absolute Gasteiger partial charge is 0.343 e. The minimum absolute atomic E-state index is 0. The van der Waals surface area contributed by atoms with Gasteiger partial charge in [-0.15, -0.1) is 0 Å². The van der Waals surface area contributed by atoms with Gasteiger partial charge in [-0.25, -0.2) is 51.3 Å². The van der Waals surface area contributed by atoms with Gasteiger partial charge in [-0.05, 0) is 216 Å². The Balaban J connectivity index is 0.000000264. The zero-order valence-corrected chi connectivity index (χ0v) is 66.7. The Morgan fingerprint density at radius 2 is 1.05 bits per heavy atom. The largest absolute Gasteiger partial charge is 0.508 e. The molecule has 31 heteroatoms. The molecule has 0 spiro atoms. The average molecular weight is 1560 g/mol. The van der Waals surface area contributed by atoms with Gasteiger partial charge in [0.1, 0.15) is 91.8 Å². The lowest BCUT2D eigenvalue weighted by Gasteiger charge is -2.23. The first-order valence-electron chi connectivity index (χ1n) is 36.8. The van der Waals surface area contributed by atoms with Crippen molar-refractivity contribution in [1.82, 2.24) is 49.1 Å². The number of hydrogen-bond donors (Lipinski definition) is 6. The third-order valence-electron chi connectivity index (χ3n) is 15.7. The van der Waals surface area contributed by atoms with Crippen LogP contribution in [0.3, 0.4) is 0 Å². The Bertz CT molecular complexity index is 4570. The summed E-state index contributed by atoms with van der Waals surface area (Å²) in [5.74, 6) is -0.00879. The van der Waals surface area contributed by atoms with Crippen molar-refractivity contribution in [2.24, 2.45) is 5.92 Å². The van der Waals surface area contributed by atoms with Gasteiger partial charge in [0.25, 0.3) is 5.91 Å². The lowest BCUT2D eigenvalue weighted by molar-refractivity contribution is -0.156. The van der Waals surface area contributed by atoms with E-state index in [0.717, 1.165) is 6.42 Å². The summed E-state index contributed by atoms with van der Waals surface area (Å²) in [6.07, 6.45) is 11.2. The highest BCUT2D eigenvalue weighted by Gasteiger charge is 2.26. The van der Waals surface area contributed by atoms with E-state index >= 15 is 0 Å². The maximum Gasteiger partial charge on any atom is 0.343 e. The van der Waals surface area contributed by atoms with Crippen molar-refractivity contribution in [3.05, 3.63) is 161 Å². The SMILES string of the molecule is C.CC(C)CCC(=O)OC(C)(C)C.CCOC(=O)c1cnn2ccc(N[C@H](C)c3cc(F)ccc3O)nc12.CCOC(=O)c1cnn2ccc(N[C@H](C)c3cc(F)ccc3O[C@@H](C)CCC(=O)OC(C)(C)C)nc12.C[C@@H](O)CCC(=O)OC(C)(C)C.C[C@H]1CNC(=O)c2cnn3ccc(nc23)N[C@H](C)c2cc(F)ccc2O1. The second-order valence-corrected chi connectivity index (χ2v) is 29.7. The maximum absolute atomic E-state index is 14.2. The molecule has 0 aliphatic carbocycles. The van der Waals surface area contributed by atoms with Crippen molar-refractivity contribution in [1.29, 1.82) is 0 Å². The molecule has 2 bridgehead atoms. The van der Waals surface area contributed by atoms with E-state index in [1.165, 1.54) is 74.6 Å². The van der Waals surface area contributed by atoms with Gasteiger partial charge in [0.05, 0.1) is 68.7 Å². The van der Waals surface area contributed by atoms with Crippen molar-refractivity contribution < 1.29 is 85.3 Å². The van der Waals surface area contributed by atoms with Crippen LogP contribution in [0.5, 0.6) is 17.2 Å². The quantitative estimate of drug-likeness (QED) is 0.0287. The molecule has 6 N–H and O–H groups in total. The Labute approximate surface area is 652 Å². The topological polar surface area (TPSA) is 346 Å². The number of aliphatic hydroxyl groups excluding tert-OH is 1.